The number of aryl methyl sites for hydroxylation is 1. The second-order valence-electron chi connectivity index (χ2n) is 8.19. The molecule has 1 aliphatic heterocycles. The van der Waals surface area contributed by atoms with E-state index in [0.29, 0.717) is 35.4 Å². The molecule has 1 saturated heterocycles. The second kappa shape index (κ2) is 9.39. The molecule has 3 rings (SSSR count). The SMILES string of the molecule is COc1ccc(C(=O)C2C(=O)C(=O)N(CCC[NH+](C)C)C2c2ccc(F)cc2)c(C)c1. The number of likely N-dealkylation sites (tertiary alicyclic amines) is 1. The van der Waals surface area contributed by atoms with Gasteiger partial charge in [-0.2, -0.15) is 0 Å². The molecule has 2 atom stereocenters. The summed E-state index contributed by atoms with van der Waals surface area (Å²) >= 11 is 0. The summed E-state index contributed by atoms with van der Waals surface area (Å²) in [5.74, 6) is -2.77. The lowest BCUT2D eigenvalue weighted by Gasteiger charge is -2.27. The van der Waals surface area contributed by atoms with E-state index in [1.165, 1.54) is 41.2 Å². The number of carbonyl (C=O) groups excluding carboxylic acids is 3. The number of ketones is 2. The molecule has 2 unspecified atom stereocenters. The Morgan fingerprint density at radius 1 is 1.13 bits per heavy atom. The number of ether oxygens (including phenoxy) is 1. The highest BCUT2D eigenvalue weighted by molar-refractivity contribution is 6.44. The van der Waals surface area contributed by atoms with Crippen LogP contribution in [0.2, 0.25) is 0 Å². The van der Waals surface area contributed by atoms with Crippen LogP contribution in [-0.2, 0) is 9.59 Å². The molecule has 0 aromatic heterocycles. The van der Waals surface area contributed by atoms with Crippen LogP contribution in [-0.4, -0.2) is 56.7 Å². The van der Waals surface area contributed by atoms with Gasteiger partial charge in [0.2, 0.25) is 5.78 Å². The van der Waals surface area contributed by atoms with E-state index in [9.17, 15) is 18.8 Å². The number of quaternary nitrogens is 1. The molecular weight excluding hydrogens is 399 g/mol. The van der Waals surface area contributed by atoms with Crippen LogP contribution in [0, 0.1) is 18.7 Å². The maximum atomic E-state index is 13.5. The first-order valence-electron chi connectivity index (χ1n) is 10.3. The molecule has 0 aliphatic carbocycles. The Bertz CT molecular complexity index is 988. The summed E-state index contributed by atoms with van der Waals surface area (Å²) in [6, 6.07) is 9.88. The van der Waals surface area contributed by atoms with Gasteiger partial charge in [-0.1, -0.05) is 12.1 Å². The third-order valence-electron chi connectivity index (χ3n) is 5.67. The number of carbonyl (C=O) groups is 3. The molecule has 0 bridgehead atoms. The summed E-state index contributed by atoms with van der Waals surface area (Å²) in [5.41, 5.74) is 1.61. The van der Waals surface area contributed by atoms with Crippen LogP contribution < -0.4 is 9.64 Å². The van der Waals surface area contributed by atoms with Crippen molar-refractivity contribution in [2.75, 3.05) is 34.3 Å². The minimum absolute atomic E-state index is 0.350. The maximum absolute atomic E-state index is 13.5. The molecule has 0 radical (unpaired) electrons. The molecule has 164 valence electrons. The number of benzene rings is 2. The summed E-state index contributed by atoms with van der Waals surface area (Å²) < 4.78 is 18.7. The van der Waals surface area contributed by atoms with Gasteiger partial charge in [0.25, 0.3) is 5.91 Å². The highest BCUT2D eigenvalue weighted by Crippen LogP contribution is 2.39. The van der Waals surface area contributed by atoms with Gasteiger partial charge >= 0.3 is 0 Å². The van der Waals surface area contributed by atoms with Gasteiger partial charge < -0.3 is 14.5 Å². The van der Waals surface area contributed by atoms with E-state index in [4.69, 9.17) is 4.74 Å². The molecule has 1 N–H and O–H groups in total. The standard InChI is InChI=1S/C24H27FN2O4/c1-15-14-18(31-4)10-11-19(15)22(28)20-21(16-6-8-17(25)9-7-16)27(24(30)23(20)29)13-5-12-26(2)3/h6-11,14,20-21H,5,12-13H2,1-4H3/p+1. The lowest BCUT2D eigenvalue weighted by atomic mass is 9.85. The first-order chi connectivity index (χ1) is 14.7. The zero-order chi connectivity index (χ0) is 22.7. The van der Waals surface area contributed by atoms with E-state index in [1.807, 2.05) is 14.1 Å². The molecule has 0 spiro atoms. The van der Waals surface area contributed by atoms with Gasteiger partial charge in [-0.3, -0.25) is 14.4 Å². The van der Waals surface area contributed by atoms with Crippen molar-refractivity contribution in [2.45, 2.75) is 19.4 Å². The minimum Gasteiger partial charge on any atom is -0.497 e. The zero-order valence-electron chi connectivity index (χ0n) is 18.3. The minimum atomic E-state index is -1.17. The van der Waals surface area contributed by atoms with E-state index in [2.05, 4.69) is 0 Å². The number of methoxy groups -OCH3 is 1. The Kier molecular flexibility index (Phi) is 6.85. The van der Waals surface area contributed by atoms with Crippen molar-refractivity contribution in [3.63, 3.8) is 0 Å². The molecular formula is C24H28FN2O4+. The fraction of sp³-hybridized carbons (Fsp3) is 0.375. The molecule has 1 amide bonds. The van der Waals surface area contributed by atoms with Crippen molar-refractivity contribution in [1.29, 1.82) is 0 Å². The van der Waals surface area contributed by atoms with Gasteiger partial charge in [-0.05, 0) is 48.4 Å². The number of Topliss-reactive ketones (excluding diaryl/α,β-unsaturated/α-hetero) is 2. The first kappa shape index (κ1) is 22.6. The Morgan fingerprint density at radius 3 is 2.39 bits per heavy atom. The number of hydrogen-bond donors (Lipinski definition) is 1. The largest absolute Gasteiger partial charge is 0.497 e. The quantitative estimate of drug-likeness (QED) is 0.395. The number of rotatable bonds is 8. The highest BCUT2D eigenvalue weighted by Gasteiger charge is 2.51. The lowest BCUT2D eigenvalue weighted by Crippen LogP contribution is -3.05. The van der Waals surface area contributed by atoms with Crippen molar-refractivity contribution >= 4 is 17.5 Å². The van der Waals surface area contributed by atoms with Gasteiger partial charge in [0, 0.05) is 18.5 Å². The summed E-state index contributed by atoms with van der Waals surface area (Å²) in [7, 11) is 5.55. The number of halogens is 1. The number of hydrogen-bond acceptors (Lipinski definition) is 4. The van der Waals surface area contributed by atoms with Crippen molar-refractivity contribution in [3.05, 3.63) is 65.0 Å². The molecule has 1 fully saturated rings. The third-order valence-corrected chi connectivity index (χ3v) is 5.67. The first-order valence-corrected chi connectivity index (χ1v) is 10.3. The van der Waals surface area contributed by atoms with Crippen molar-refractivity contribution in [2.24, 2.45) is 5.92 Å². The monoisotopic (exact) mass is 427 g/mol. The Labute approximate surface area is 181 Å². The average Bonchev–Trinajstić information content (AvgIpc) is 2.98. The van der Waals surface area contributed by atoms with Gasteiger partial charge in [0.1, 0.15) is 17.5 Å². The topological polar surface area (TPSA) is 68.1 Å². The van der Waals surface area contributed by atoms with E-state index < -0.39 is 35.3 Å². The molecule has 1 heterocycles. The maximum Gasteiger partial charge on any atom is 0.291 e. The molecule has 1 aliphatic rings. The number of nitrogens with one attached hydrogen (secondary N) is 1. The number of amides is 1. The predicted octanol–water partition coefficient (Wildman–Crippen LogP) is 1.63. The van der Waals surface area contributed by atoms with Crippen LogP contribution in [0.4, 0.5) is 4.39 Å². The molecule has 31 heavy (non-hydrogen) atoms. The van der Waals surface area contributed by atoms with E-state index in [1.54, 1.807) is 25.1 Å². The Balaban J connectivity index is 2.01. The van der Waals surface area contributed by atoms with Crippen LogP contribution in [0.3, 0.4) is 0 Å². The molecule has 6 nitrogen and oxygen atoms in total. The van der Waals surface area contributed by atoms with Crippen LogP contribution in [0.25, 0.3) is 0 Å². The van der Waals surface area contributed by atoms with Crippen molar-refractivity contribution in [1.82, 2.24) is 4.90 Å². The van der Waals surface area contributed by atoms with Crippen LogP contribution in [0.1, 0.15) is 33.9 Å². The summed E-state index contributed by atoms with van der Waals surface area (Å²) in [6.45, 7) is 2.93. The average molecular weight is 427 g/mol. The third kappa shape index (κ3) is 4.66. The number of nitrogens with zero attached hydrogens (tertiary/aromatic N) is 1. The van der Waals surface area contributed by atoms with Gasteiger partial charge in [0.05, 0.1) is 33.8 Å². The zero-order valence-corrected chi connectivity index (χ0v) is 18.3. The molecule has 2 aromatic rings. The summed E-state index contributed by atoms with van der Waals surface area (Å²) in [4.78, 5) is 42.1. The van der Waals surface area contributed by atoms with Crippen molar-refractivity contribution in [3.8, 4) is 5.75 Å². The fourth-order valence-electron chi connectivity index (χ4n) is 4.07. The van der Waals surface area contributed by atoms with Crippen LogP contribution >= 0.6 is 0 Å². The fourth-order valence-corrected chi connectivity index (χ4v) is 4.07. The summed E-state index contributed by atoms with van der Waals surface area (Å²) in [5, 5.41) is 0. The van der Waals surface area contributed by atoms with E-state index in [0.717, 1.165) is 6.54 Å². The van der Waals surface area contributed by atoms with Gasteiger partial charge in [0.15, 0.2) is 5.78 Å². The van der Waals surface area contributed by atoms with Crippen LogP contribution in [0.5, 0.6) is 5.75 Å². The molecule has 7 heteroatoms. The highest BCUT2D eigenvalue weighted by atomic mass is 19.1. The molecule has 0 saturated carbocycles. The normalized spacial score (nSPS) is 18.7. The smallest absolute Gasteiger partial charge is 0.291 e. The Hall–Kier alpha value is -3.06. The second-order valence-corrected chi connectivity index (χ2v) is 8.19. The predicted molar refractivity (Wildman–Crippen MR) is 114 cm³/mol. The molecule has 2 aromatic carbocycles. The van der Waals surface area contributed by atoms with E-state index >= 15 is 0 Å². The van der Waals surface area contributed by atoms with Crippen molar-refractivity contribution < 1.29 is 28.4 Å². The van der Waals surface area contributed by atoms with Gasteiger partial charge in [-0.15, -0.1) is 0 Å². The van der Waals surface area contributed by atoms with Gasteiger partial charge in [-0.25, -0.2) is 4.39 Å². The van der Waals surface area contributed by atoms with Crippen LogP contribution in [0.15, 0.2) is 42.5 Å². The Morgan fingerprint density at radius 2 is 1.81 bits per heavy atom. The lowest BCUT2D eigenvalue weighted by molar-refractivity contribution is -0.858. The van der Waals surface area contributed by atoms with E-state index in [-0.39, 0.29) is 0 Å². The summed E-state index contributed by atoms with van der Waals surface area (Å²) in [6.07, 6.45) is 0.682.